The molecule has 2 heterocycles. The van der Waals surface area contributed by atoms with Crippen LogP contribution >= 0.6 is 15.9 Å². The number of nitrogens with zero attached hydrogens (tertiary/aromatic N) is 4. The highest BCUT2D eigenvalue weighted by Gasteiger charge is 2.22. The lowest BCUT2D eigenvalue weighted by Gasteiger charge is -2.13. The minimum Gasteiger partial charge on any atom is -0.266 e. The van der Waals surface area contributed by atoms with Gasteiger partial charge < -0.3 is 0 Å². The molecule has 0 amide bonds. The lowest BCUT2D eigenvalue weighted by molar-refractivity contribution is 0.778. The van der Waals surface area contributed by atoms with Crippen molar-refractivity contribution in [2.24, 2.45) is 0 Å². The minimum atomic E-state index is -0.699. The van der Waals surface area contributed by atoms with Gasteiger partial charge in [-0.05, 0) is 40.2 Å². The summed E-state index contributed by atoms with van der Waals surface area (Å²) in [6.07, 6.45) is 1.54. The molecule has 0 N–H and O–H groups in total. The molecule has 0 aliphatic heterocycles. The van der Waals surface area contributed by atoms with Crippen molar-refractivity contribution in [1.29, 1.82) is 5.26 Å². The number of para-hydroxylation sites is 2. The minimum absolute atomic E-state index is 0.308. The van der Waals surface area contributed by atoms with Crippen LogP contribution in [0, 0.1) is 11.3 Å². The Hall–Kier alpha value is -3.30. The van der Waals surface area contributed by atoms with E-state index in [1.807, 2.05) is 54.6 Å². The van der Waals surface area contributed by atoms with E-state index in [0.717, 1.165) is 10.9 Å². The van der Waals surface area contributed by atoms with Crippen molar-refractivity contribution in [1.82, 2.24) is 14.8 Å². The number of hydrogen-bond donors (Lipinski definition) is 0. The molecule has 0 saturated carbocycles. The third-order valence-electron chi connectivity index (χ3n) is 4.30. The van der Waals surface area contributed by atoms with E-state index >= 15 is 0 Å². The number of halogens is 1. The van der Waals surface area contributed by atoms with Crippen LogP contribution in [0.1, 0.15) is 17.2 Å². The smallest absolute Gasteiger partial charge is 0.266 e. The Bertz CT molecular complexity index is 1230. The average molecular weight is 417 g/mol. The molecule has 4 rings (SSSR count). The van der Waals surface area contributed by atoms with E-state index in [4.69, 9.17) is 0 Å². The van der Waals surface area contributed by atoms with E-state index in [9.17, 15) is 10.1 Å². The zero-order chi connectivity index (χ0) is 18.8. The van der Waals surface area contributed by atoms with Crippen LogP contribution in [0.15, 0.2) is 82.2 Å². The summed E-state index contributed by atoms with van der Waals surface area (Å²) < 4.78 is 1.61. The summed E-state index contributed by atoms with van der Waals surface area (Å²) in [5.41, 5.74) is 2.22. The van der Waals surface area contributed by atoms with E-state index in [1.165, 1.54) is 4.68 Å². The zero-order valence-corrected chi connectivity index (χ0v) is 15.7. The lowest BCUT2D eigenvalue weighted by Crippen LogP contribution is -2.24. The first-order chi connectivity index (χ1) is 13.2. The molecule has 0 aliphatic carbocycles. The second kappa shape index (κ2) is 7.14. The predicted octanol–water partition coefficient (Wildman–Crippen LogP) is 4.20. The van der Waals surface area contributed by atoms with Gasteiger partial charge in [0.05, 0.1) is 33.6 Å². The van der Waals surface area contributed by atoms with E-state index in [-0.39, 0.29) is 5.56 Å². The van der Waals surface area contributed by atoms with Crippen molar-refractivity contribution in [3.05, 3.63) is 99.0 Å². The quantitative estimate of drug-likeness (QED) is 0.501. The van der Waals surface area contributed by atoms with Crippen molar-refractivity contribution in [3.8, 4) is 11.8 Å². The van der Waals surface area contributed by atoms with Gasteiger partial charge in [-0.15, -0.1) is 0 Å². The van der Waals surface area contributed by atoms with Gasteiger partial charge >= 0.3 is 0 Å². The second-order valence-electron chi connectivity index (χ2n) is 5.96. The Morgan fingerprint density at radius 1 is 1.00 bits per heavy atom. The van der Waals surface area contributed by atoms with Gasteiger partial charge in [-0.25, -0.2) is 0 Å². The van der Waals surface area contributed by atoms with Crippen LogP contribution in [0.4, 0.5) is 0 Å². The molecule has 0 aliphatic rings. The summed E-state index contributed by atoms with van der Waals surface area (Å²) in [5.74, 6) is -0.699. The number of benzene rings is 2. The molecule has 0 saturated heterocycles. The van der Waals surface area contributed by atoms with Crippen LogP contribution in [-0.2, 0) is 0 Å². The van der Waals surface area contributed by atoms with Gasteiger partial charge in [0.1, 0.15) is 5.92 Å². The first kappa shape index (κ1) is 17.1. The summed E-state index contributed by atoms with van der Waals surface area (Å²) in [5, 5.41) is 15.0. The molecule has 27 heavy (non-hydrogen) atoms. The predicted molar refractivity (Wildman–Crippen MR) is 107 cm³/mol. The summed E-state index contributed by atoms with van der Waals surface area (Å²) in [6.45, 7) is 0. The standard InChI is InChI=1S/C21H13BrN4O/c22-20-17(13-24-26(21(20)27)15-7-2-1-3-8-15)16(12-23)19-11-10-14-6-4-5-9-18(14)25-19/h1-11,13,16H. The third-order valence-corrected chi connectivity index (χ3v) is 5.10. The Labute approximate surface area is 163 Å². The molecule has 0 bridgehead atoms. The summed E-state index contributed by atoms with van der Waals surface area (Å²) >= 11 is 3.36. The molecule has 0 fully saturated rings. The largest absolute Gasteiger partial charge is 0.286 e. The van der Waals surface area contributed by atoms with Gasteiger partial charge in [-0.1, -0.05) is 42.5 Å². The summed E-state index contributed by atoms with van der Waals surface area (Å²) in [7, 11) is 0. The molecule has 0 radical (unpaired) electrons. The van der Waals surface area contributed by atoms with E-state index < -0.39 is 5.92 Å². The van der Waals surface area contributed by atoms with Crippen molar-refractivity contribution >= 4 is 26.8 Å². The molecule has 2 aromatic carbocycles. The monoisotopic (exact) mass is 416 g/mol. The third kappa shape index (κ3) is 3.14. The molecule has 2 aromatic heterocycles. The number of rotatable bonds is 3. The topological polar surface area (TPSA) is 71.6 Å². The van der Waals surface area contributed by atoms with Crippen molar-refractivity contribution in [2.45, 2.75) is 5.92 Å². The number of nitriles is 1. The van der Waals surface area contributed by atoms with Crippen molar-refractivity contribution in [2.75, 3.05) is 0 Å². The fourth-order valence-electron chi connectivity index (χ4n) is 2.94. The van der Waals surface area contributed by atoms with E-state index in [1.54, 1.807) is 18.3 Å². The molecule has 1 atom stereocenters. The maximum Gasteiger partial charge on any atom is 0.286 e. The molecular formula is C21H13BrN4O. The molecular weight excluding hydrogens is 404 g/mol. The maximum absolute atomic E-state index is 12.8. The number of pyridine rings is 1. The average Bonchev–Trinajstić information content (AvgIpc) is 2.72. The normalized spacial score (nSPS) is 11.9. The second-order valence-corrected chi connectivity index (χ2v) is 6.75. The summed E-state index contributed by atoms with van der Waals surface area (Å²) in [6, 6.07) is 22.8. The Morgan fingerprint density at radius 2 is 1.74 bits per heavy atom. The van der Waals surface area contributed by atoms with Gasteiger partial charge in [0.25, 0.3) is 5.56 Å². The van der Waals surface area contributed by atoms with Gasteiger partial charge in [0.2, 0.25) is 0 Å². The van der Waals surface area contributed by atoms with E-state index in [2.05, 4.69) is 32.1 Å². The van der Waals surface area contributed by atoms with Crippen molar-refractivity contribution < 1.29 is 0 Å². The molecule has 1 unspecified atom stereocenters. The van der Waals surface area contributed by atoms with Crippen LogP contribution in [0.25, 0.3) is 16.6 Å². The molecule has 0 spiro atoms. The number of hydrogen-bond acceptors (Lipinski definition) is 4. The Kier molecular flexibility index (Phi) is 4.53. The van der Waals surface area contributed by atoms with E-state index in [0.29, 0.717) is 21.4 Å². The maximum atomic E-state index is 12.8. The van der Waals surface area contributed by atoms with Gasteiger partial charge in [-0.3, -0.25) is 9.78 Å². The van der Waals surface area contributed by atoms with Crippen LogP contribution in [0.2, 0.25) is 0 Å². The van der Waals surface area contributed by atoms with Gasteiger partial charge in [0.15, 0.2) is 0 Å². The molecule has 5 nitrogen and oxygen atoms in total. The number of fused-ring (bicyclic) bond motifs is 1. The number of aromatic nitrogens is 3. The highest BCUT2D eigenvalue weighted by molar-refractivity contribution is 9.10. The van der Waals surface area contributed by atoms with Gasteiger partial charge in [0, 0.05) is 10.9 Å². The Morgan fingerprint density at radius 3 is 2.52 bits per heavy atom. The van der Waals surface area contributed by atoms with Crippen LogP contribution in [0.3, 0.4) is 0 Å². The Balaban J connectivity index is 1.82. The molecule has 6 heteroatoms. The van der Waals surface area contributed by atoms with Gasteiger partial charge in [-0.2, -0.15) is 15.0 Å². The fraction of sp³-hybridized carbons (Fsp3) is 0.0476. The molecule has 4 aromatic rings. The zero-order valence-electron chi connectivity index (χ0n) is 14.1. The highest BCUT2D eigenvalue weighted by atomic mass is 79.9. The van der Waals surface area contributed by atoms with Crippen molar-refractivity contribution in [3.63, 3.8) is 0 Å². The van der Waals surface area contributed by atoms with Crippen LogP contribution < -0.4 is 5.56 Å². The lowest BCUT2D eigenvalue weighted by atomic mass is 9.98. The van der Waals surface area contributed by atoms with Crippen LogP contribution in [-0.4, -0.2) is 14.8 Å². The fourth-order valence-corrected chi connectivity index (χ4v) is 3.44. The molecule has 130 valence electrons. The highest BCUT2D eigenvalue weighted by Crippen LogP contribution is 2.28. The van der Waals surface area contributed by atoms with Crippen LogP contribution in [0.5, 0.6) is 0 Å². The first-order valence-electron chi connectivity index (χ1n) is 8.27. The summed E-state index contributed by atoms with van der Waals surface area (Å²) in [4.78, 5) is 17.4. The first-order valence-corrected chi connectivity index (χ1v) is 9.07. The SMILES string of the molecule is N#CC(c1ccc2ccccc2n1)c1cnn(-c2ccccc2)c(=O)c1Br.